The highest BCUT2D eigenvalue weighted by Crippen LogP contribution is 2.24. The molecule has 0 aromatic carbocycles. The number of carbonyl (C=O) groups excluding carboxylic acids is 1. The maximum absolute atomic E-state index is 12.1. The van der Waals surface area contributed by atoms with E-state index in [0.29, 0.717) is 13.1 Å². The van der Waals surface area contributed by atoms with Gasteiger partial charge in [0.2, 0.25) is 0 Å². The zero-order valence-electron chi connectivity index (χ0n) is 12.5. The van der Waals surface area contributed by atoms with Crippen molar-refractivity contribution >= 4 is 17.8 Å². The normalized spacial score (nSPS) is 13.0. The van der Waals surface area contributed by atoms with Crippen molar-refractivity contribution < 1.29 is 4.79 Å². The number of urea groups is 1. The lowest BCUT2D eigenvalue weighted by atomic mass is 10.2. The zero-order chi connectivity index (χ0) is 15.4. The van der Waals surface area contributed by atoms with Crippen LogP contribution in [0.1, 0.15) is 11.4 Å². The molecule has 2 aromatic heterocycles. The fraction of sp³-hybridized carbons (Fsp3) is 0.400. The van der Waals surface area contributed by atoms with Crippen LogP contribution in [0.4, 0.5) is 4.79 Å². The second kappa shape index (κ2) is 6.83. The number of pyridine rings is 1. The fourth-order valence-corrected chi connectivity index (χ4v) is 3.24. The molecular formula is C15H19N5OS. The van der Waals surface area contributed by atoms with E-state index in [1.807, 2.05) is 24.4 Å². The molecule has 0 radical (unpaired) electrons. The molecule has 0 aliphatic carbocycles. The van der Waals surface area contributed by atoms with Gasteiger partial charge in [-0.25, -0.2) is 9.78 Å². The molecular weight excluding hydrogens is 298 g/mol. The highest BCUT2D eigenvalue weighted by Gasteiger charge is 2.15. The van der Waals surface area contributed by atoms with E-state index < -0.39 is 0 Å². The Labute approximate surface area is 133 Å². The minimum Gasteiger partial charge on any atom is -0.332 e. The number of aromatic nitrogens is 3. The summed E-state index contributed by atoms with van der Waals surface area (Å²) in [6.45, 7) is 2.11. The van der Waals surface area contributed by atoms with Gasteiger partial charge in [0.25, 0.3) is 0 Å². The van der Waals surface area contributed by atoms with E-state index in [2.05, 4.69) is 19.9 Å². The average Bonchev–Trinajstić information content (AvgIpc) is 3.12. The minimum absolute atomic E-state index is 0.0863. The summed E-state index contributed by atoms with van der Waals surface area (Å²) in [5.41, 5.74) is 1.90. The van der Waals surface area contributed by atoms with Gasteiger partial charge in [0.05, 0.1) is 12.2 Å². The molecule has 3 heterocycles. The Morgan fingerprint density at radius 2 is 2.36 bits per heavy atom. The number of aryl methyl sites for hydroxylation is 1. The van der Waals surface area contributed by atoms with E-state index in [-0.39, 0.29) is 6.03 Å². The molecule has 0 unspecified atom stereocenters. The number of nitrogens with one attached hydrogen (secondary N) is 1. The molecule has 3 rings (SSSR count). The van der Waals surface area contributed by atoms with Crippen LogP contribution in [0.2, 0.25) is 0 Å². The van der Waals surface area contributed by atoms with Gasteiger partial charge in [-0.2, -0.15) is 0 Å². The van der Waals surface area contributed by atoms with Crippen molar-refractivity contribution in [3.8, 4) is 0 Å². The first kappa shape index (κ1) is 14.9. The first-order valence-corrected chi connectivity index (χ1v) is 8.28. The summed E-state index contributed by atoms with van der Waals surface area (Å²) in [6.07, 6.45) is 4.54. The molecule has 0 fully saturated rings. The number of rotatable bonds is 5. The van der Waals surface area contributed by atoms with Gasteiger partial charge < -0.3 is 14.8 Å². The summed E-state index contributed by atoms with van der Waals surface area (Å²) in [7, 11) is 1.79. The Morgan fingerprint density at radius 1 is 1.45 bits per heavy atom. The Morgan fingerprint density at radius 3 is 3.14 bits per heavy atom. The van der Waals surface area contributed by atoms with Gasteiger partial charge in [0.1, 0.15) is 0 Å². The van der Waals surface area contributed by atoms with Crippen molar-refractivity contribution in [2.45, 2.75) is 24.7 Å². The fourth-order valence-electron chi connectivity index (χ4n) is 2.28. The minimum atomic E-state index is -0.0863. The highest BCUT2D eigenvalue weighted by molar-refractivity contribution is 7.99. The molecule has 0 saturated heterocycles. The standard InChI is InChI=1S/C15H19N5OS/c1-19(7-5-12-4-2-3-6-16-12)14(21)17-10-13-11-20-8-9-22-15(20)18-13/h2-4,6,11H,5,7-10H2,1H3,(H,17,21). The number of carbonyl (C=O) groups is 1. The molecule has 1 aliphatic heterocycles. The van der Waals surface area contributed by atoms with Crippen LogP contribution in [0.5, 0.6) is 0 Å². The predicted octanol–water partition coefficient (Wildman–Crippen LogP) is 1.77. The summed E-state index contributed by atoms with van der Waals surface area (Å²) in [6, 6.07) is 5.73. The molecule has 22 heavy (non-hydrogen) atoms. The van der Waals surface area contributed by atoms with E-state index in [1.54, 1.807) is 29.9 Å². The van der Waals surface area contributed by atoms with Crippen LogP contribution < -0.4 is 5.32 Å². The Kier molecular flexibility index (Phi) is 4.62. The van der Waals surface area contributed by atoms with Gasteiger partial charge in [0.15, 0.2) is 5.16 Å². The van der Waals surface area contributed by atoms with Crippen molar-refractivity contribution in [1.29, 1.82) is 0 Å². The monoisotopic (exact) mass is 317 g/mol. The van der Waals surface area contributed by atoms with Crippen molar-refractivity contribution in [3.63, 3.8) is 0 Å². The Bertz CT molecular complexity index is 621. The average molecular weight is 317 g/mol. The first-order valence-electron chi connectivity index (χ1n) is 7.30. The number of nitrogens with zero attached hydrogens (tertiary/aromatic N) is 4. The van der Waals surface area contributed by atoms with Crippen LogP contribution in [0, 0.1) is 0 Å². The Balaban J connectivity index is 1.44. The molecule has 0 spiro atoms. The van der Waals surface area contributed by atoms with Crippen LogP contribution in [0.25, 0.3) is 0 Å². The van der Waals surface area contributed by atoms with Crippen LogP contribution in [0.3, 0.4) is 0 Å². The quantitative estimate of drug-likeness (QED) is 0.913. The molecule has 1 aliphatic rings. The molecule has 0 atom stereocenters. The third-order valence-electron chi connectivity index (χ3n) is 3.55. The highest BCUT2D eigenvalue weighted by atomic mass is 32.2. The lowest BCUT2D eigenvalue weighted by Gasteiger charge is -2.17. The van der Waals surface area contributed by atoms with Crippen molar-refractivity contribution in [2.24, 2.45) is 0 Å². The van der Waals surface area contributed by atoms with Crippen LogP contribution in [0.15, 0.2) is 35.7 Å². The third-order valence-corrected chi connectivity index (χ3v) is 4.52. The van der Waals surface area contributed by atoms with Gasteiger partial charge in [-0.15, -0.1) is 0 Å². The molecule has 2 amide bonds. The number of amides is 2. The second-order valence-corrected chi connectivity index (χ2v) is 6.27. The van der Waals surface area contributed by atoms with E-state index in [0.717, 1.165) is 35.3 Å². The number of hydrogen-bond donors (Lipinski definition) is 1. The maximum atomic E-state index is 12.1. The topological polar surface area (TPSA) is 63.1 Å². The molecule has 0 saturated carbocycles. The van der Waals surface area contributed by atoms with E-state index >= 15 is 0 Å². The van der Waals surface area contributed by atoms with E-state index in [9.17, 15) is 4.79 Å². The summed E-state index contributed by atoms with van der Waals surface area (Å²) >= 11 is 1.76. The first-order chi connectivity index (χ1) is 10.7. The molecule has 7 heteroatoms. The lowest BCUT2D eigenvalue weighted by molar-refractivity contribution is 0.208. The molecule has 6 nitrogen and oxygen atoms in total. The van der Waals surface area contributed by atoms with Gasteiger partial charge >= 0.3 is 6.03 Å². The molecule has 0 bridgehead atoms. The number of fused-ring (bicyclic) bond motifs is 1. The number of likely N-dealkylation sites (N-methyl/N-ethyl adjacent to an activating group) is 1. The SMILES string of the molecule is CN(CCc1ccccn1)C(=O)NCc1cn2c(n1)SCC2. The number of hydrogen-bond acceptors (Lipinski definition) is 4. The van der Waals surface area contributed by atoms with Gasteiger partial charge in [-0.3, -0.25) is 4.98 Å². The second-order valence-electron chi connectivity index (χ2n) is 5.21. The summed E-state index contributed by atoms with van der Waals surface area (Å²) in [4.78, 5) is 22.5. The summed E-state index contributed by atoms with van der Waals surface area (Å²) < 4.78 is 2.14. The summed E-state index contributed by atoms with van der Waals surface area (Å²) in [5, 5.41) is 3.95. The van der Waals surface area contributed by atoms with Gasteiger partial charge in [-0.05, 0) is 12.1 Å². The van der Waals surface area contributed by atoms with Gasteiger partial charge in [0, 0.05) is 50.4 Å². The predicted molar refractivity (Wildman–Crippen MR) is 85.8 cm³/mol. The lowest BCUT2D eigenvalue weighted by Crippen LogP contribution is -2.38. The Hall–Kier alpha value is -2.02. The van der Waals surface area contributed by atoms with Gasteiger partial charge in [-0.1, -0.05) is 17.8 Å². The van der Waals surface area contributed by atoms with E-state index in [1.165, 1.54) is 0 Å². The summed E-state index contributed by atoms with van der Waals surface area (Å²) in [5.74, 6) is 1.09. The number of thioether (sulfide) groups is 1. The van der Waals surface area contributed by atoms with E-state index in [4.69, 9.17) is 0 Å². The molecule has 116 valence electrons. The van der Waals surface area contributed by atoms with Crippen LogP contribution in [-0.4, -0.2) is 44.8 Å². The van der Waals surface area contributed by atoms with Crippen molar-refractivity contribution in [2.75, 3.05) is 19.3 Å². The smallest absolute Gasteiger partial charge is 0.317 e. The third kappa shape index (κ3) is 3.59. The largest absolute Gasteiger partial charge is 0.332 e. The van der Waals surface area contributed by atoms with Crippen LogP contribution in [-0.2, 0) is 19.5 Å². The van der Waals surface area contributed by atoms with Crippen LogP contribution >= 0.6 is 11.8 Å². The zero-order valence-corrected chi connectivity index (χ0v) is 13.3. The molecule has 1 N–H and O–H groups in total. The number of imidazole rings is 1. The van der Waals surface area contributed by atoms with Crippen molar-refractivity contribution in [3.05, 3.63) is 42.0 Å². The molecule has 2 aromatic rings. The maximum Gasteiger partial charge on any atom is 0.317 e. The van der Waals surface area contributed by atoms with Crippen molar-refractivity contribution in [1.82, 2.24) is 24.8 Å².